The third kappa shape index (κ3) is 3.89. The molecule has 0 aliphatic heterocycles. The number of anilines is 1. The number of aliphatic carboxylic acids is 1. The summed E-state index contributed by atoms with van der Waals surface area (Å²) < 4.78 is 0.404. The molecule has 0 unspecified atom stereocenters. The van der Waals surface area contributed by atoms with Crippen LogP contribution in [0.3, 0.4) is 0 Å². The highest BCUT2D eigenvalue weighted by molar-refractivity contribution is 9.10. The molecule has 0 spiro atoms. The van der Waals surface area contributed by atoms with E-state index in [0.717, 1.165) is 6.20 Å². The summed E-state index contributed by atoms with van der Waals surface area (Å²) >= 11 is 3.22. The second-order valence-corrected chi connectivity index (χ2v) is 5.65. The second kappa shape index (κ2) is 6.65. The highest BCUT2D eigenvalue weighted by Crippen LogP contribution is 2.31. The first kappa shape index (κ1) is 16.4. The Balaban J connectivity index is 3.05. The van der Waals surface area contributed by atoms with Crippen molar-refractivity contribution in [1.29, 1.82) is 0 Å². The highest BCUT2D eigenvalue weighted by Gasteiger charge is 2.23. The first-order valence-corrected chi connectivity index (χ1v) is 6.82. The van der Waals surface area contributed by atoms with E-state index in [4.69, 9.17) is 0 Å². The zero-order chi connectivity index (χ0) is 15.4. The standard InChI is InChI=1S/C12H16BrN3O4/c1-6(2)4-8(12(17)18)15-11-10(13)7(3)9(5-14-11)16(19)20/h5-6,8H,4H2,1-3H3,(H,14,15)(H,17,18)/t8-/m0/s1. The lowest BCUT2D eigenvalue weighted by atomic mass is 10.0. The molecule has 0 amide bonds. The average Bonchev–Trinajstić information content (AvgIpc) is 2.32. The molecule has 110 valence electrons. The number of aromatic nitrogens is 1. The van der Waals surface area contributed by atoms with E-state index in [1.54, 1.807) is 6.92 Å². The van der Waals surface area contributed by atoms with Crippen molar-refractivity contribution in [3.8, 4) is 0 Å². The molecule has 0 fully saturated rings. The number of carboxylic acid groups (broad SMARTS) is 1. The summed E-state index contributed by atoms with van der Waals surface area (Å²) in [5.74, 6) is -0.494. The minimum Gasteiger partial charge on any atom is -0.480 e. The van der Waals surface area contributed by atoms with Gasteiger partial charge in [0.2, 0.25) is 0 Å². The molecule has 1 rings (SSSR count). The fourth-order valence-corrected chi connectivity index (χ4v) is 2.13. The first-order valence-electron chi connectivity index (χ1n) is 6.02. The molecule has 1 aromatic heterocycles. The van der Waals surface area contributed by atoms with Gasteiger partial charge in [-0.15, -0.1) is 0 Å². The minimum absolute atomic E-state index is 0.113. The van der Waals surface area contributed by atoms with Crippen LogP contribution in [0.25, 0.3) is 0 Å². The number of nitrogens with zero attached hydrogens (tertiary/aromatic N) is 2. The van der Waals surface area contributed by atoms with E-state index in [9.17, 15) is 20.0 Å². The molecule has 0 aliphatic rings. The van der Waals surface area contributed by atoms with Gasteiger partial charge in [0.25, 0.3) is 5.69 Å². The van der Waals surface area contributed by atoms with E-state index in [1.807, 2.05) is 13.8 Å². The number of rotatable bonds is 6. The van der Waals surface area contributed by atoms with Gasteiger partial charge in [-0.1, -0.05) is 13.8 Å². The second-order valence-electron chi connectivity index (χ2n) is 4.85. The third-order valence-electron chi connectivity index (χ3n) is 2.75. The topological polar surface area (TPSA) is 105 Å². The van der Waals surface area contributed by atoms with Gasteiger partial charge in [-0.05, 0) is 35.2 Å². The zero-order valence-corrected chi connectivity index (χ0v) is 13.0. The lowest BCUT2D eigenvalue weighted by Crippen LogP contribution is -2.31. The molecule has 0 bridgehead atoms. The summed E-state index contributed by atoms with van der Waals surface area (Å²) in [6, 6.07) is -0.792. The maximum atomic E-state index is 11.2. The molecule has 1 heterocycles. The molecule has 1 aromatic rings. The number of nitro groups is 1. The predicted octanol–water partition coefficient (Wildman–Crippen LogP) is 2.97. The fraction of sp³-hybridized carbons (Fsp3) is 0.500. The van der Waals surface area contributed by atoms with Gasteiger partial charge in [-0.2, -0.15) is 0 Å². The Morgan fingerprint density at radius 1 is 1.60 bits per heavy atom. The van der Waals surface area contributed by atoms with E-state index in [-0.39, 0.29) is 11.6 Å². The van der Waals surface area contributed by atoms with E-state index in [2.05, 4.69) is 26.2 Å². The van der Waals surface area contributed by atoms with Crippen LogP contribution >= 0.6 is 15.9 Å². The van der Waals surface area contributed by atoms with Crippen molar-refractivity contribution < 1.29 is 14.8 Å². The Morgan fingerprint density at radius 2 is 2.20 bits per heavy atom. The number of hydrogen-bond acceptors (Lipinski definition) is 5. The summed E-state index contributed by atoms with van der Waals surface area (Å²) in [6.45, 7) is 5.41. The van der Waals surface area contributed by atoms with E-state index in [1.165, 1.54) is 0 Å². The number of carboxylic acids is 1. The van der Waals surface area contributed by atoms with Crippen LogP contribution in [0.15, 0.2) is 10.7 Å². The Morgan fingerprint density at radius 3 is 2.65 bits per heavy atom. The van der Waals surface area contributed by atoms with Crippen LogP contribution in [0.4, 0.5) is 11.5 Å². The highest BCUT2D eigenvalue weighted by atomic mass is 79.9. The molecule has 0 aliphatic carbocycles. The normalized spacial score (nSPS) is 12.2. The van der Waals surface area contributed by atoms with Gasteiger partial charge >= 0.3 is 5.97 Å². The summed E-state index contributed by atoms with van der Waals surface area (Å²) in [7, 11) is 0. The summed E-state index contributed by atoms with van der Waals surface area (Å²) in [6.07, 6.45) is 1.55. The number of halogens is 1. The van der Waals surface area contributed by atoms with Crippen molar-refractivity contribution in [2.45, 2.75) is 33.2 Å². The molecule has 0 saturated heterocycles. The largest absolute Gasteiger partial charge is 0.480 e. The van der Waals surface area contributed by atoms with Gasteiger partial charge in [0.15, 0.2) is 0 Å². The van der Waals surface area contributed by atoms with Crippen LogP contribution < -0.4 is 5.32 Å². The monoisotopic (exact) mass is 345 g/mol. The van der Waals surface area contributed by atoms with Gasteiger partial charge in [0.1, 0.15) is 18.1 Å². The van der Waals surface area contributed by atoms with E-state index < -0.39 is 16.9 Å². The number of pyridine rings is 1. The quantitative estimate of drug-likeness (QED) is 0.606. The molecule has 0 saturated carbocycles. The van der Waals surface area contributed by atoms with Crippen LogP contribution in [-0.2, 0) is 4.79 Å². The Labute approximate surface area is 124 Å². The number of hydrogen-bond donors (Lipinski definition) is 2. The van der Waals surface area contributed by atoms with Crippen molar-refractivity contribution >= 4 is 33.4 Å². The van der Waals surface area contributed by atoms with Gasteiger partial charge < -0.3 is 10.4 Å². The predicted molar refractivity (Wildman–Crippen MR) is 77.8 cm³/mol. The summed E-state index contributed by atoms with van der Waals surface area (Å²) in [5, 5.41) is 22.8. The molecule has 20 heavy (non-hydrogen) atoms. The Bertz CT molecular complexity index is 534. The Kier molecular flexibility index (Phi) is 5.43. The van der Waals surface area contributed by atoms with Crippen LogP contribution in [0, 0.1) is 23.0 Å². The maximum absolute atomic E-state index is 11.2. The zero-order valence-electron chi connectivity index (χ0n) is 11.4. The van der Waals surface area contributed by atoms with Crippen LogP contribution in [0.5, 0.6) is 0 Å². The van der Waals surface area contributed by atoms with Crippen molar-refractivity contribution in [2.24, 2.45) is 5.92 Å². The maximum Gasteiger partial charge on any atom is 0.326 e. The molecule has 2 N–H and O–H groups in total. The van der Waals surface area contributed by atoms with Gasteiger partial charge in [-0.25, -0.2) is 9.78 Å². The third-order valence-corrected chi connectivity index (χ3v) is 3.72. The molecule has 0 radical (unpaired) electrons. The molecule has 7 nitrogen and oxygen atoms in total. The fourth-order valence-electron chi connectivity index (χ4n) is 1.71. The summed E-state index contributed by atoms with van der Waals surface area (Å²) in [4.78, 5) is 25.4. The molecule has 8 heteroatoms. The van der Waals surface area contributed by atoms with Crippen LogP contribution in [0.2, 0.25) is 0 Å². The first-order chi connectivity index (χ1) is 9.23. The smallest absolute Gasteiger partial charge is 0.326 e. The van der Waals surface area contributed by atoms with E-state index in [0.29, 0.717) is 22.3 Å². The average molecular weight is 346 g/mol. The van der Waals surface area contributed by atoms with Gasteiger partial charge in [0.05, 0.1) is 9.40 Å². The number of carbonyl (C=O) groups is 1. The van der Waals surface area contributed by atoms with Gasteiger partial charge in [0, 0.05) is 5.56 Å². The molecular formula is C12H16BrN3O4. The van der Waals surface area contributed by atoms with Crippen molar-refractivity contribution in [2.75, 3.05) is 5.32 Å². The van der Waals surface area contributed by atoms with Crippen molar-refractivity contribution in [3.05, 3.63) is 26.3 Å². The number of nitrogens with one attached hydrogen (secondary N) is 1. The van der Waals surface area contributed by atoms with Crippen LogP contribution in [-0.4, -0.2) is 27.0 Å². The lowest BCUT2D eigenvalue weighted by molar-refractivity contribution is -0.385. The van der Waals surface area contributed by atoms with Crippen molar-refractivity contribution in [3.63, 3.8) is 0 Å². The molecular weight excluding hydrogens is 330 g/mol. The molecule has 1 atom stereocenters. The molecule has 0 aromatic carbocycles. The van der Waals surface area contributed by atoms with Gasteiger partial charge in [-0.3, -0.25) is 10.1 Å². The van der Waals surface area contributed by atoms with E-state index >= 15 is 0 Å². The minimum atomic E-state index is -0.983. The van der Waals surface area contributed by atoms with Crippen molar-refractivity contribution in [1.82, 2.24) is 4.98 Å². The summed E-state index contributed by atoms with van der Waals surface area (Å²) in [5.41, 5.74) is 0.291. The SMILES string of the molecule is Cc1c([N+](=O)[O-])cnc(N[C@@H](CC(C)C)C(=O)O)c1Br. The lowest BCUT2D eigenvalue weighted by Gasteiger charge is -2.18. The van der Waals surface area contributed by atoms with Crippen LogP contribution in [0.1, 0.15) is 25.8 Å². The Hall–Kier alpha value is -1.70.